The summed E-state index contributed by atoms with van der Waals surface area (Å²) in [5, 5.41) is 0. The fraction of sp³-hybridized carbons (Fsp3) is 0.429. The lowest BCUT2D eigenvalue weighted by atomic mass is 9.94. The van der Waals surface area contributed by atoms with E-state index < -0.39 is 6.04 Å². The number of benzene rings is 1. The van der Waals surface area contributed by atoms with Gasteiger partial charge in [0, 0.05) is 6.42 Å². The van der Waals surface area contributed by atoms with E-state index in [-0.39, 0.29) is 24.2 Å². The molecule has 2 atom stereocenters. The molecular weight excluding hydrogens is 240 g/mol. The van der Waals surface area contributed by atoms with Crippen molar-refractivity contribution in [1.29, 1.82) is 0 Å². The number of nitrogens with zero attached hydrogens (tertiary/aromatic N) is 1. The van der Waals surface area contributed by atoms with Crippen molar-refractivity contribution < 1.29 is 4.79 Å². The Bertz CT molecular complexity index is 426. The highest BCUT2D eigenvalue weighted by atomic mass is 16.1. The number of nitrogens with two attached hydrogens (primary N) is 3. The molecule has 0 aromatic heterocycles. The Kier molecular flexibility index (Phi) is 6.02. The molecule has 19 heavy (non-hydrogen) atoms. The molecule has 2 unspecified atom stereocenters. The van der Waals surface area contributed by atoms with Gasteiger partial charge in [0.2, 0.25) is 0 Å². The third-order valence-corrected chi connectivity index (χ3v) is 2.86. The summed E-state index contributed by atoms with van der Waals surface area (Å²) < 4.78 is 0. The zero-order valence-electron chi connectivity index (χ0n) is 11.3. The maximum Gasteiger partial charge on any atom is 0.185 e. The van der Waals surface area contributed by atoms with Gasteiger partial charge in [-0.1, -0.05) is 37.3 Å². The average Bonchev–Trinajstić information content (AvgIpc) is 2.36. The van der Waals surface area contributed by atoms with Gasteiger partial charge in [-0.05, 0) is 17.9 Å². The van der Waals surface area contributed by atoms with Gasteiger partial charge in [-0.3, -0.25) is 9.79 Å². The van der Waals surface area contributed by atoms with E-state index in [2.05, 4.69) is 17.1 Å². The van der Waals surface area contributed by atoms with E-state index in [1.54, 1.807) is 0 Å². The summed E-state index contributed by atoms with van der Waals surface area (Å²) in [7, 11) is 0. The van der Waals surface area contributed by atoms with Crippen molar-refractivity contribution >= 4 is 11.7 Å². The summed E-state index contributed by atoms with van der Waals surface area (Å²) in [6, 6.07) is 9.45. The van der Waals surface area contributed by atoms with Crippen LogP contribution in [0.4, 0.5) is 0 Å². The standard InChI is InChI=1S/C14H22N4O/c1-10(7-11-5-3-2-4-6-11)8-13(19)12(15)9-18-14(16)17/h2-6,10,12H,7-9,15H2,1H3,(H4,16,17,18). The van der Waals surface area contributed by atoms with Gasteiger partial charge in [-0.2, -0.15) is 0 Å². The number of carbonyl (C=O) groups excluding carboxylic acids is 1. The molecule has 0 bridgehead atoms. The molecule has 0 amide bonds. The van der Waals surface area contributed by atoms with Crippen molar-refractivity contribution in [3.8, 4) is 0 Å². The smallest absolute Gasteiger partial charge is 0.185 e. The van der Waals surface area contributed by atoms with Gasteiger partial charge < -0.3 is 17.2 Å². The van der Waals surface area contributed by atoms with Crippen LogP contribution >= 0.6 is 0 Å². The van der Waals surface area contributed by atoms with Crippen molar-refractivity contribution in [2.75, 3.05) is 6.54 Å². The topological polar surface area (TPSA) is 107 Å². The zero-order valence-corrected chi connectivity index (χ0v) is 11.3. The highest BCUT2D eigenvalue weighted by Gasteiger charge is 2.16. The Labute approximate surface area is 113 Å². The SMILES string of the molecule is CC(CC(=O)C(N)CN=C(N)N)Cc1ccccc1. The summed E-state index contributed by atoms with van der Waals surface area (Å²) in [6.45, 7) is 2.19. The van der Waals surface area contributed by atoms with E-state index in [1.807, 2.05) is 25.1 Å². The van der Waals surface area contributed by atoms with Crippen LogP contribution in [0.25, 0.3) is 0 Å². The maximum atomic E-state index is 11.9. The lowest BCUT2D eigenvalue weighted by Crippen LogP contribution is -2.36. The van der Waals surface area contributed by atoms with Gasteiger partial charge in [0.25, 0.3) is 0 Å². The minimum atomic E-state index is -0.625. The number of guanidine groups is 1. The second-order valence-electron chi connectivity index (χ2n) is 4.84. The van der Waals surface area contributed by atoms with Gasteiger partial charge in [0.15, 0.2) is 11.7 Å². The first-order valence-electron chi connectivity index (χ1n) is 6.36. The number of aliphatic imine (C=N–C) groups is 1. The fourth-order valence-electron chi connectivity index (χ4n) is 1.89. The molecule has 0 saturated carbocycles. The van der Waals surface area contributed by atoms with E-state index >= 15 is 0 Å². The Morgan fingerprint density at radius 1 is 1.26 bits per heavy atom. The van der Waals surface area contributed by atoms with Crippen molar-refractivity contribution in [1.82, 2.24) is 0 Å². The molecule has 5 heteroatoms. The molecule has 0 radical (unpaired) electrons. The highest BCUT2D eigenvalue weighted by Crippen LogP contribution is 2.12. The van der Waals surface area contributed by atoms with Gasteiger partial charge in [0.05, 0.1) is 12.6 Å². The van der Waals surface area contributed by atoms with Crippen LogP contribution in [0.2, 0.25) is 0 Å². The number of rotatable bonds is 7. The van der Waals surface area contributed by atoms with Crippen LogP contribution in [-0.4, -0.2) is 24.3 Å². The van der Waals surface area contributed by atoms with Crippen molar-refractivity contribution in [3.63, 3.8) is 0 Å². The Hall–Kier alpha value is -1.88. The largest absolute Gasteiger partial charge is 0.370 e. The van der Waals surface area contributed by atoms with Crippen LogP contribution < -0.4 is 17.2 Å². The van der Waals surface area contributed by atoms with Crippen LogP contribution in [0.15, 0.2) is 35.3 Å². The number of Topliss-reactive ketones (excluding diaryl/α,β-unsaturated/α-hetero) is 1. The van der Waals surface area contributed by atoms with E-state index in [9.17, 15) is 4.79 Å². The fourth-order valence-corrected chi connectivity index (χ4v) is 1.89. The Morgan fingerprint density at radius 2 is 1.89 bits per heavy atom. The van der Waals surface area contributed by atoms with Gasteiger partial charge in [-0.15, -0.1) is 0 Å². The van der Waals surface area contributed by atoms with E-state index in [4.69, 9.17) is 17.2 Å². The van der Waals surface area contributed by atoms with Crippen LogP contribution in [0.5, 0.6) is 0 Å². The number of hydrogen-bond acceptors (Lipinski definition) is 3. The van der Waals surface area contributed by atoms with E-state index in [0.29, 0.717) is 6.42 Å². The van der Waals surface area contributed by atoms with Gasteiger partial charge >= 0.3 is 0 Å². The monoisotopic (exact) mass is 262 g/mol. The quantitative estimate of drug-likeness (QED) is 0.489. The molecule has 0 aliphatic carbocycles. The molecule has 0 fully saturated rings. The predicted molar refractivity (Wildman–Crippen MR) is 77.6 cm³/mol. The summed E-state index contributed by atoms with van der Waals surface area (Å²) in [6.07, 6.45) is 1.30. The first-order valence-corrected chi connectivity index (χ1v) is 6.36. The van der Waals surface area contributed by atoms with Crippen LogP contribution in [0.3, 0.4) is 0 Å². The Morgan fingerprint density at radius 3 is 2.47 bits per heavy atom. The second kappa shape index (κ2) is 7.53. The van der Waals surface area contributed by atoms with Crippen molar-refractivity contribution in [2.45, 2.75) is 25.8 Å². The minimum Gasteiger partial charge on any atom is -0.370 e. The maximum absolute atomic E-state index is 11.9. The second-order valence-corrected chi connectivity index (χ2v) is 4.84. The van der Waals surface area contributed by atoms with Gasteiger partial charge in [0.1, 0.15) is 0 Å². The molecule has 0 aliphatic heterocycles. The third-order valence-electron chi connectivity index (χ3n) is 2.86. The van der Waals surface area contributed by atoms with E-state index in [1.165, 1.54) is 5.56 Å². The van der Waals surface area contributed by atoms with Crippen LogP contribution in [0, 0.1) is 5.92 Å². The molecular formula is C14H22N4O. The summed E-state index contributed by atoms with van der Waals surface area (Å²) >= 11 is 0. The Balaban J connectivity index is 2.41. The molecule has 0 heterocycles. The lowest BCUT2D eigenvalue weighted by molar-refractivity contribution is -0.120. The molecule has 0 spiro atoms. The average molecular weight is 262 g/mol. The minimum absolute atomic E-state index is 0.00608. The zero-order chi connectivity index (χ0) is 14.3. The molecule has 0 saturated heterocycles. The molecule has 1 aromatic carbocycles. The molecule has 104 valence electrons. The number of carbonyl (C=O) groups is 1. The van der Waals surface area contributed by atoms with Gasteiger partial charge in [-0.25, -0.2) is 0 Å². The molecule has 5 nitrogen and oxygen atoms in total. The number of ketones is 1. The summed E-state index contributed by atoms with van der Waals surface area (Å²) in [4.78, 5) is 15.6. The molecule has 1 aromatic rings. The lowest BCUT2D eigenvalue weighted by Gasteiger charge is -2.13. The third kappa shape index (κ3) is 6.01. The van der Waals surface area contributed by atoms with Crippen molar-refractivity contribution in [2.24, 2.45) is 28.1 Å². The highest BCUT2D eigenvalue weighted by molar-refractivity contribution is 5.84. The number of hydrogen-bond donors (Lipinski definition) is 3. The first kappa shape index (κ1) is 15.2. The predicted octanol–water partition coefficient (Wildman–Crippen LogP) is 0.425. The molecule has 0 aliphatic rings. The first-order chi connectivity index (χ1) is 8.99. The molecule has 1 rings (SSSR count). The summed E-state index contributed by atoms with van der Waals surface area (Å²) in [5.74, 6) is 0.203. The summed E-state index contributed by atoms with van der Waals surface area (Å²) in [5.41, 5.74) is 17.4. The van der Waals surface area contributed by atoms with E-state index in [0.717, 1.165) is 6.42 Å². The van der Waals surface area contributed by atoms with Crippen molar-refractivity contribution in [3.05, 3.63) is 35.9 Å². The molecule has 6 N–H and O–H groups in total. The normalized spacial score (nSPS) is 13.6. The van der Waals surface area contributed by atoms with Crippen LogP contribution in [0.1, 0.15) is 18.9 Å². The van der Waals surface area contributed by atoms with Crippen LogP contribution in [-0.2, 0) is 11.2 Å².